The van der Waals surface area contributed by atoms with Crippen LogP contribution in [-0.4, -0.2) is 5.11 Å². The van der Waals surface area contributed by atoms with Crippen LogP contribution in [-0.2, 0) is 6.42 Å². The van der Waals surface area contributed by atoms with Gasteiger partial charge in [-0.1, -0.05) is 27.5 Å². The Bertz CT molecular complexity index is 639. The van der Waals surface area contributed by atoms with Crippen molar-refractivity contribution in [3.63, 3.8) is 0 Å². The minimum absolute atomic E-state index is 0.0525. The van der Waals surface area contributed by atoms with Crippen LogP contribution < -0.4 is 5.32 Å². The molecule has 0 aliphatic carbocycles. The van der Waals surface area contributed by atoms with E-state index in [9.17, 15) is 9.50 Å². The maximum absolute atomic E-state index is 14.0. The van der Waals surface area contributed by atoms with Crippen molar-refractivity contribution in [3.05, 3.63) is 56.8 Å². The minimum Gasteiger partial charge on any atom is -0.507 e. The Kier molecular flexibility index (Phi) is 3.15. The predicted molar refractivity (Wildman–Crippen MR) is 77.3 cm³/mol. The fraction of sp³-hybridized carbons (Fsp3) is 0.143. The predicted octanol–water partition coefficient (Wildman–Crippen LogP) is 4.66. The van der Waals surface area contributed by atoms with Gasteiger partial charge in [0.15, 0.2) is 0 Å². The molecule has 2 N–H and O–H groups in total. The van der Waals surface area contributed by atoms with Gasteiger partial charge in [0.05, 0.1) is 11.6 Å². The first-order valence-corrected chi connectivity index (χ1v) is 6.94. The third kappa shape index (κ3) is 2.30. The summed E-state index contributed by atoms with van der Waals surface area (Å²) in [6, 6.07) is 8.08. The summed E-state index contributed by atoms with van der Waals surface area (Å²) in [4.78, 5) is 0. The van der Waals surface area contributed by atoms with E-state index in [0.29, 0.717) is 15.9 Å². The molecule has 2 aromatic rings. The SMILES string of the molecule is Oc1cc(Br)cc(F)c1[C@H]1Cc2cc(Cl)ccc2N1. The van der Waals surface area contributed by atoms with Gasteiger partial charge in [0.1, 0.15) is 11.6 Å². The highest BCUT2D eigenvalue weighted by Gasteiger charge is 2.27. The molecule has 0 radical (unpaired) electrons. The summed E-state index contributed by atoms with van der Waals surface area (Å²) in [5.74, 6) is -0.480. The second-order valence-electron chi connectivity index (χ2n) is 4.52. The number of phenolic OH excluding ortho intramolecular Hbond substituents is 1. The number of aromatic hydroxyl groups is 1. The molecule has 5 heteroatoms. The molecule has 19 heavy (non-hydrogen) atoms. The number of hydrogen-bond acceptors (Lipinski definition) is 2. The molecule has 0 fully saturated rings. The first-order chi connectivity index (χ1) is 9.04. The van der Waals surface area contributed by atoms with Gasteiger partial charge in [-0.15, -0.1) is 0 Å². The van der Waals surface area contributed by atoms with E-state index in [0.717, 1.165) is 11.3 Å². The molecule has 0 amide bonds. The molecule has 1 aliphatic rings. The first-order valence-electron chi connectivity index (χ1n) is 5.77. The Morgan fingerprint density at radius 2 is 2.11 bits per heavy atom. The monoisotopic (exact) mass is 341 g/mol. The van der Waals surface area contributed by atoms with Crippen molar-refractivity contribution >= 4 is 33.2 Å². The molecule has 1 heterocycles. The summed E-state index contributed by atoms with van der Waals surface area (Å²) < 4.78 is 14.5. The minimum atomic E-state index is -0.428. The van der Waals surface area contributed by atoms with Gasteiger partial charge in [-0.05, 0) is 42.3 Å². The van der Waals surface area contributed by atoms with Gasteiger partial charge in [-0.2, -0.15) is 0 Å². The molecule has 0 bridgehead atoms. The van der Waals surface area contributed by atoms with E-state index in [1.165, 1.54) is 12.1 Å². The lowest BCUT2D eigenvalue weighted by molar-refractivity contribution is 0.452. The highest BCUT2D eigenvalue weighted by atomic mass is 79.9. The van der Waals surface area contributed by atoms with E-state index in [1.54, 1.807) is 6.07 Å². The Hall–Kier alpha value is -1.26. The number of hydrogen-bond donors (Lipinski definition) is 2. The Labute approximate surface area is 123 Å². The number of halogens is 3. The van der Waals surface area contributed by atoms with Crippen LogP contribution in [0.25, 0.3) is 0 Å². The second-order valence-corrected chi connectivity index (χ2v) is 5.88. The number of anilines is 1. The maximum Gasteiger partial charge on any atom is 0.133 e. The van der Waals surface area contributed by atoms with Gasteiger partial charge in [0.2, 0.25) is 0 Å². The van der Waals surface area contributed by atoms with Gasteiger partial charge in [-0.25, -0.2) is 4.39 Å². The van der Waals surface area contributed by atoms with Crippen LogP contribution in [0.5, 0.6) is 5.75 Å². The quantitative estimate of drug-likeness (QED) is 0.790. The van der Waals surface area contributed by atoms with E-state index in [4.69, 9.17) is 11.6 Å². The molecule has 2 nitrogen and oxygen atoms in total. The van der Waals surface area contributed by atoms with E-state index < -0.39 is 5.82 Å². The molecule has 0 saturated heterocycles. The Morgan fingerprint density at radius 1 is 1.32 bits per heavy atom. The number of phenols is 1. The van der Waals surface area contributed by atoms with Crippen LogP contribution in [0.1, 0.15) is 17.2 Å². The fourth-order valence-corrected chi connectivity index (χ4v) is 3.03. The zero-order chi connectivity index (χ0) is 13.6. The van der Waals surface area contributed by atoms with Crippen molar-refractivity contribution in [1.29, 1.82) is 0 Å². The molecule has 98 valence electrons. The molecule has 3 rings (SSSR count). The highest BCUT2D eigenvalue weighted by Crippen LogP contribution is 2.40. The third-order valence-corrected chi connectivity index (χ3v) is 3.93. The molecule has 2 aromatic carbocycles. The number of nitrogens with one attached hydrogen (secondary N) is 1. The smallest absolute Gasteiger partial charge is 0.133 e. The summed E-state index contributed by atoms with van der Waals surface area (Å²) in [6.45, 7) is 0. The van der Waals surface area contributed by atoms with Gasteiger partial charge in [-0.3, -0.25) is 0 Å². The molecular weight excluding hydrogens is 333 g/mol. The Morgan fingerprint density at radius 3 is 2.84 bits per heavy atom. The number of benzene rings is 2. The van der Waals surface area contributed by atoms with Gasteiger partial charge >= 0.3 is 0 Å². The fourth-order valence-electron chi connectivity index (χ4n) is 2.42. The van der Waals surface area contributed by atoms with Crippen molar-refractivity contribution in [2.24, 2.45) is 0 Å². The van der Waals surface area contributed by atoms with Crippen molar-refractivity contribution in [2.45, 2.75) is 12.5 Å². The van der Waals surface area contributed by atoms with Crippen LogP contribution >= 0.6 is 27.5 Å². The summed E-state index contributed by atoms with van der Waals surface area (Å²) in [7, 11) is 0. The lowest BCUT2D eigenvalue weighted by Gasteiger charge is -2.14. The maximum atomic E-state index is 14.0. The van der Waals surface area contributed by atoms with Crippen LogP contribution in [0, 0.1) is 5.82 Å². The standard InChI is InChI=1S/C14H10BrClFNO/c15-8-5-10(17)14(13(19)6-8)12-4-7-3-9(16)1-2-11(7)18-12/h1-3,5-6,12,18-19H,4H2/t12-/m1/s1. The molecule has 0 saturated carbocycles. The first kappa shape index (κ1) is 12.8. The van der Waals surface area contributed by atoms with Crippen LogP contribution in [0.3, 0.4) is 0 Å². The largest absolute Gasteiger partial charge is 0.507 e. The molecule has 0 aromatic heterocycles. The van der Waals surface area contributed by atoms with E-state index >= 15 is 0 Å². The lowest BCUT2D eigenvalue weighted by atomic mass is 10.0. The lowest BCUT2D eigenvalue weighted by Crippen LogP contribution is -2.08. The van der Waals surface area contributed by atoms with Crippen molar-refractivity contribution in [3.8, 4) is 5.75 Å². The van der Waals surface area contributed by atoms with Crippen molar-refractivity contribution < 1.29 is 9.50 Å². The number of fused-ring (bicyclic) bond motifs is 1. The van der Waals surface area contributed by atoms with E-state index in [-0.39, 0.29) is 17.4 Å². The molecular formula is C14H10BrClFNO. The highest BCUT2D eigenvalue weighted by molar-refractivity contribution is 9.10. The number of rotatable bonds is 1. The zero-order valence-corrected chi connectivity index (χ0v) is 12.1. The summed E-state index contributed by atoms with van der Waals surface area (Å²) in [5, 5.41) is 13.8. The van der Waals surface area contributed by atoms with Gasteiger partial charge in [0, 0.05) is 15.2 Å². The summed E-state index contributed by atoms with van der Waals surface area (Å²) in [6.07, 6.45) is 0.599. The van der Waals surface area contributed by atoms with Crippen molar-refractivity contribution in [1.82, 2.24) is 0 Å². The topological polar surface area (TPSA) is 32.3 Å². The molecule has 0 spiro atoms. The molecule has 0 unspecified atom stereocenters. The Balaban J connectivity index is 1.99. The van der Waals surface area contributed by atoms with E-state index in [2.05, 4.69) is 21.2 Å². The average Bonchev–Trinajstić information content (AvgIpc) is 2.69. The van der Waals surface area contributed by atoms with E-state index in [1.807, 2.05) is 12.1 Å². The van der Waals surface area contributed by atoms with Gasteiger partial charge < -0.3 is 10.4 Å². The zero-order valence-electron chi connectivity index (χ0n) is 9.75. The second kappa shape index (κ2) is 4.69. The summed E-state index contributed by atoms with van der Waals surface area (Å²) >= 11 is 9.10. The average molecular weight is 343 g/mol. The molecule has 1 atom stereocenters. The normalized spacial score (nSPS) is 17.1. The van der Waals surface area contributed by atoms with Gasteiger partial charge in [0.25, 0.3) is 0 Å². The summed E-state index contributed by atoms with van der Waals surface area (Å²) in [5.41, 5.74) is 2.24. The van der Waals surface area contributed by atoms with Crippen LogP contribution in [0.4, 0.5) is 10.1 Å². The third-order valence-electron chi connectivity index (χ3n) is 3.24. The van der Waals surface area contributed by atoms with Crippen LogP contribution in [0.2, 0.25) is 5.02 Å². The van der Waals surface area contributed by atoms with Crippen LogP contribution in [0.15, 0.2) is 34.8 Å². The van der Waals surface area contributed by atoms with Crippen molar-refractivity contribution in [2.75, 3.05) is 5.32 Å². The molecule has 1 aliphatic heterocycles.